The van der Waals surface area contributed by atoms with Gasteiger partial charge in [-0.05, 0) is 26.3 Å². The number of carbonyl (C=O) groups is 1. The molecule has 1 aliphatic heterocycles. The highest BCUT2D eigenvalue weighted by Crippen LogP contribution is 2.33. The van der Waals surface area contributed by atoms with Gasteiger partial charge in [0.15, 0.2) is 0 Å². The van der Waals surface area contributed by atoms with Gasteiger partial charge in [-0.2, -0.15) is 0 Å². The Kier molecular flexibility index (Phi) is 4.41. The molecule has 0 spiro atoms. The van der Waals surface area contributed by atoms with Gasteiger partial charge in [0.25, 0.3) is 11.6 Å². The lowest BCUT2D eigenvalue weighted by molar-refractivity contribution is -0.384. The maximum Gasteiger partial charge on any atom is 0.290 e. The predicted octanol–water partition coefficient (Wildman–Crippen LogP) is 3.20. The minimum Gasteiger partial charge on any atom is -0.376 e. The van der Waals surface area contributed by atoms with Crippen LogP contribution in [0.25, 0.3) is 0 Å². The molecule has 1 N–H and O–H groups in total. The molecule has 0 saturated carbocycles. The molecule has 1 amide bonds. The maximum atomic E-state index is 12.3. The number of nitro benzene ring substituents is 1. The van der Waals surface area contributed by atoms with Crippen molar-refractivity contribution in [2.24, 2.45) is 0 Å². The number of ether oxygens (including phenoxy) is 1. The van der Waals surface area contributed by atoms with Crippen molar-refractivity contribution in [2.75, 3.05) is 6.61 Å². The largest absolute Gasteiger partial charge is 0.376 e. The van der Waals surface area contributed by atoms with E-state index in [0.717, 1.165) is 6.07 Å². The first-order chi connectivity index (χ1) is 9.74. The molecule has 0 aliphatic carbocycles. The van der Waals surface area contributed by atoms with Gasteiger partial charge in [-0.25, -0.2) is 0 Å². The van der Waals surface area contributed by atoms with Crippen molar-refractivity contribution in [3.8, 4) is 0 Å². The van der Waals surface area contributed by atoms with E-state index in [1.807, 2.05) is 13.8 Å². The standard InChI is InChI=1S/C13H14Cl2N2O4/c1-7-13(2,3-4-21-7)16-12(18)8-5-9(14)11(15)10(6-8)17(19)20/h5-7H,3-4H2,1-2H3,(H,16,18). The fourth-order valence-electron chi connectivity index (χ4n) is 2.17. The summed E-state index contributed by atoms with van der Waals surface area (Å²) < 4.78 is 5.44. The molecule has 0 radical (unpaired) electrons. The van der Waals surface area contributed by atoms with E-state index in [9.17, 15) is 14.9 Å². The molecule has 2 atom stereocenters. The number of carbonyl (C=O) groups excluding carboxylic acids is 1. The van der Waals surface area contributed by atoms with Crippen LogP contribution < -0.4 is 5.32 Å². The lowest BCUT2D eigenvalue weighted by Crippen LogP contribution is -2.50. The number of nitrogens with one attached hydrogen (secondary N) is 1. The Bertz CT molecular complexity index is 608. The molecule has 1 fully saturated rings. The number of hydrogen-bond acceptors (Lipinski definition) is 4. The van der Waals surface area contributed by atoms with Crippen molar-refractivity contribution < 1.29 is 14.5 Å². The zero-order chi connectivity index (χ0) is 15.8. The smallest absolute Gasteiger partial charge is 0.290 e. The van der Waals surface area contributed by atoms with E-state index in [1.165, 1.54) is 6.07 Å². The van der Waals surface area contributed by atoms with Gasteiger partial charge in [-0.3, -0.25) is 14.9 Å². The number of rotatable bonds is 3. The topological polar surface area (TPSA) is 81.5 Å². The Morgan fingerprint density at radius 2 is 2.19 bits per heavy atom. The number of nitrogens with zero attached hydrogens (tertiary/aromatic N) is 1. The molecule has 6 nitrogen and oxygen atoms in total. The molecular weight excluding hydrogens is 319 g/mol. The fraction of sp³-hybridized carbons (Fsp3) is 0.462. The second-order valence-electron chi connectivity index (χ2n) is 5.18. The molecule has 0 aromatic heterocycles. The molecule has 0 bridgehead atoms. The first-order valence-electron chi connectivity index (χ1n) is 6.32. The zero-order valence-electron chi connectivity index (χ0n) is 11.5. The van der Waals surface area contributed by atoms with Crippen LogP contribution in [0.5, 0.6) is 0 Å². The monoisotopic (exact) mass is 332 g/mol. The van der Waals surface area contributed by atoms with Gasteiger partial charge in [-0.15, -0.1) is 0 Å². The maximum absolute atomic E-state index is 12.3. The van der Waals surface area contributed by atoms with Crippen molar-refractivity contribution in [3.63, 3.8) is 0 Å². The minimum atomic E-state index is -0.673. The first-order valence-corrected chi connectivity index (χ1v) is 7.08. The Hall–Kier alpha value is -1.37. The molecule has 1 heterocycles. The summed E-state index contributed by atoms with van der Waals surface area (Å²) in [5.74, 6) is -0.448. The third-order valence-corrected chi connectivity index (χ3v) is 4.55. The Morgan fingerprint density at radius 1 is 1.52 bits per heavy atom. The van der Waals surface area contributed by atoms with Crippen LogP contribution in [0.3, 0.4) is 0 Å². The van der Waals surface area contributed by atoms with Crippen LogP contribution in [0, 0.1) is 10.1 Å². The van der Waals surface area contributed by atoms with Gasteiger partial charge >= 0.3 is 0 Å². The van der Waals surface area contributed by atoms with Gasteiger partial charge < -0.3 is 10.1 Å². The number of halogens is 2. The highest BCUT2D eigenvalue weighted by atomic mass is 35.5. The van der Waals surface area contributed by atoms with E-state index >= 15 is 0 Å². The van der Waals surface area contributed by atoms with Crippen LogP contribution in [0.15, 0.2) is 12.1 Å². The molecular formula is C13H14Cl2N2O4. The lowest BCUT2D eigenvalue weighted by atomic mass is 9.94. The number of benzene rings is 1. The van der Waals surface area contributed by atoms with Crippen LogP contribution in [-0.4, -0.2) is 29.1 Å². The van der Waals surface area contributed by atoms with Crippen molar-refractivity contribution >= 4 is 34.8 Å². The van der Waals surface area contributed by atoms with E-state index in [-0.39, 0.29) is 21.7 Å². The summed E-state index contributed by atoms with van der Waals surface area (Å²) in [5.41, 5.74) is -0.815. The van der Waals surface area contributed by atoms with Crippen molar-refractivity contribution in [1.29, 1.82) is 0 Å². The van der Waals surface area contributed by atoms with Gasteiger partial charge in [0.05, 0.1) is 21.6 Å². The summed E-state index contributed by atoms with van der Waals surface area (Å²) in [7, 11) is 0. The molecule has 2 unspecified atom stereocenters. The van der Waals surface area contributed by atoms with Crippen LogP contribution in [0.4, 0.5) is 5.69 Å². The number of hydrogen-bond donors (Lipinski definition) is 1. The van der Waals surface area contributed by atoms with Gasteiger partial charge in [0.1, 0.15) is 5.02 Å². The quantitative estimate of drug-likeness (QED) is 0.680. The van der Waals surface area contributed by atoms with Crippen molar-refractivity contribution in [1.82, 2.24) is 5.32 Å². The van der Waals surface area contributed by atoms with Crippen LogP contribution in [-0.2, 0) is 4.74 Å². The number of amides is 1. The lowest BCUT2D eigenvalue weighted by Gasteiger charge is -2.28. The molecule has 114 valence electrons. The highest BCUT2D eigenvalue weighted by molar-refractivity contribution is 6.43. The molecule has 1 saturated heterocycles. The van der Waals surface area contributed by atoms with E-state index in [2.05, 4.69) is 5.32 Å². The van der Waals surface area contributed by atoms with Gasteiger partial charge in [0, 0.05) is 18.2 Å². The molecule has 21 heavy (non-hydrogen) atoms. The minimum absolute atomic E-state index is 0.0307. The summed E-state index contributed by atoms with van der Waals surface area (Å²) >= 11 is 11.6. The van der Waals surface area contributed by atoms with E-state index in [1.54, 1.807) is 0 Å². The third-order valence-electron chi connectivity index (χ3n) is 3.75. The SMILES string of the molecule is CC1OCCC1(C)NC(=O)c1cc(Cl)c(Cl)c([N+](=O)[O-])c1. The number of nitro groups is 1. The van der Waals surface area contributed by atoms with E-state index in [0.29, 0.717) is 13.0 Å². The summed E-state index contributed by atoms with van der Waals surface area (Å²) in [4.78, 5) is 22.5. The summed E-state index contributed by atoms with van der Waals surface area (Å²) in [6, 6.07) is 2.43. The molecule has 2 rings (SSSR count). The third kappa shape index (κ3) is 3.12. The second-order valence-corrected chi connectivity index (χ2v) is 5.97. The first kappa shape index (κ1) is 16.0. The average Bonchev–Trinajstić information content (AvgIpc) is 2.71. The van der Waals surface area contributed by atoms with Crippen LogP contribution >= 0.6 is 23.2 Å². The van der Waals surface area contributed by atoms with Crippen LogP contribution in [0.2, 0.25) is 10.0 Å². The van der Waals surface area contributed by atoms with Crippen molar-refractivity contribution in [3.05, 3.63) is 37.9 Å². The second kappa shape index (κ2) is 5.79. The molecule has 8 heteroatoms. The van der Waals surface area contributed by atoms with Gasteiger partial charge in [-0.1, -0.05) is 23.2 Å². The Balaban J connectivity index is 2.30. The van der Waals surface area contributed by atoms with Crippen LogP contribution in [0.1, 0.15) is 30.6 Å². The van der Waals surface area contributed by atoms with Gasteiger partial charge in [0.2, 0.25) is 0 Å². The average molecular weight is 333 g/mol. The normalized spacial score (nSPS) is 24.9. The van der Waals surface area contributed by atoms with E-state index in [4.69, 9.17) is 27.9 Å². The summed E-state index contributed by atoms with van der Waals surface area (Å²) in [5, 5.41) is 13.6. The van der Waals surface area contributed by atoms with Crippen molar-refractivity contribution in [2.45, 2.75) is 31.9 Å². The summed E-state index contributed by atoms with van der Waals surface area (Å²) in [6.45, 7) is 4.29. The Morgan fingerprint density at radius 3 is 2.71 bits per heavy atom. The summed E-state index contributed by atoms with van der Waals surface area (Å²) in [6.07, 6.45) is 0.530. The van der Waals surface area contributed by atoms with E-state index < -0.39 is 22.1 Å². The molecule has 1 aromatic rings. The zero-order valence-corrected chi connectivity index (χ0v) is 13.0. The molecule has 1 aliphatic rings. The predicted molar refractivity (Wildman–Crippen MR) is 79.0 cm³/mol. The fourth-order valence-corrected chi connectivity index (χ4v) is 2.56. The Labute approximate surface area is 131 Å². The molecule has 1 aromatic carbocycles. The highest BCUT2D eigenvalue weighted by Gasteiger charge is 2.38.